The van der Waals surface area contributed by atoms with Gasteiger partial charge in [-0.05, 0) is 31.9 Å². The van der Waals surface area contributed by atoms with Crippen molar-refractivity contribution in [2.24, 2.45) is 0 Å². The van der Waals surface area contributed by atoms with E-state index in [1.807, 2.05) is 29.2 Å². The summed E-state index contributed by atoms with van der Waals surface area (Å²) in [6.07, 6.45) is 0.910. The molecule has 98 valence electrons. The van der Waals surface area contributed by atoms with E-state index in [1.165, 1.54) is 12.7 Å². The number of nitrogens with zero attached hydrogens (tertiary/aromatic N) is 2. The second-order valence-electron chi connectivity index (χ2n) is 4.62. The van der Waals surface area contributed by atoms with E-state index in [2.05, 4.69) is 17.7 Å². The van der Waals surface area contributed by atoms with Crippen LogP contribution in [0.3, 0.4) is 0 Å². The van der Waals surface area contributed by atoms with E-state index in [0.717, 1.165) is 12.1 Å². The summed E-state index contributed by atoms with van der Waals surface area (Å²) >= 11 is 0. The van der Waals surface area contributed by atoms with Gasteiger partial charge in [0.1, 0.15) is 6.07 Å². The lowest BCUT2D eigenvalue weighted by molar-refractivity contribution is -0.135. The number of benzene rings is 1. The fourth-order valence-corrected chi connectivity index (χ4v) is 2.57. The number of fused-ring (bicyclic) bond motifs is 1. The van der Waals surface area contributed by atoms with Crippen molar-refractivity contribution in [2.45, 2.75) is 26.3 Å². The molecule has 4 heteroatoms. The van der Waals surface area contributed by atoms with Gasteiger partial charge in [0.2, 0.25) is 0 Å². The fraction of sp³-hybridized carbons (Fsp3) is 0.333. The minimum atomic E-state index is -0.586. The summed E-state index contributed by atoms with van der Waals surface area (Å²) < 4.78 is 4.66. The lowest BCUT2D eigenvalue weighted by atomic mass is 10.1. The summed E-state index contributed by atoms with van der Waals surface area (Å²) in [7, 11) is 1.29. The molecule has 1 aromatic carbocycles. The minimum absolute atomic E-state index is 0.0612. The number of hydrogen-bond donors (Lipinski definition) is 0. The van der Waals surface area contributed by atoms with Crippen molar-refractivity contribution in [1.29, 1.82) is 5.26 Å². The Kier molecular flexibility index (Phi) is 3.57. The van der Waals surface area contributed by atoms with Crippen LogP contribution in [-0.2, 0) is 16.0 Å². The van der Waals surface area contributed by atoms with Crippen LogP contribution in [0.1, 0.15) is 19.4 Å². The molecule has 0 fully saturated rings. The quantitative estimate of drug-likeness (QED) is 0.463. The van der Waals surface area contributed by atoms with E-state index in [0.29, 0.717) is 5.70 Å². The van der Waals surface area contributed by atoms with E-state index in [9.17, 15) is 4.79 Å². The Morgan fingerprint density at radius 3 is 2.79 bits per heavy atom. The Morgan fingerprint density at radius 1 is 1.47 bits per heavy atom. The average molecular weight is 256 g/mol. The van der Waals surface area contributed by atoms with E-state index in [4.69, 9.17) is 5.26 Å². The smallest absolute Gasteiger partial charge is 0.350 e. The van der Waals surface area contributed by atoms with Crippen LogP contribution in [-0.4, -0.2) is 19.1 Å². The molecule has 19 heavy (non-hydrogen) atoms. The first kappa shape index (κ1) is 13.2. The van der Waals surface area contributed by atoms with Gasteiger partial charge in [-0.1, -0.05) is 18.2 Å². The molecule has 0 radical (unpaired) electrons. The Hall–Kier alpha value is -2.28. The number of allylic oxidation sites excluding steroid dienone is 1. The van der Waals surface area contributed by atoms with E-state index < -0.39 is 5.97 Å². The maximum Gasteiger partial charge on any atom is 0.350 e. The second-order valence-corrected chi connectivity index (χ2v) is 4.62. The molecule has 0 spiro atoms. The molecule has 1 unspecified atom stereocenters. The summed E-state index contributed by atoms with van der Waals surface area (Å²) in [4.78, 5) is 13.7. The Morgan fingerprint density at radius 2 is 2.16 bits per heavy atom. The number of carbonyl (C=O) groups excluding carboxylic acids is 1. The number of ether oxygens (including phenoxy) is 1. The normalized spacial score (nSPS) is 18.4. The highest BCUT2D eigenvalue weighted by Gasteiger charge is 2.29. The molecule has 0 saturated carbocycles. The lowest BCUT2D eigenvalue weighted by Gasteiger charge is -2.26. The fourth-order valence-electron chi connectivity index (χ4n) is 2.57. The predicted molar refractivity (Wildman–Crippen MR) is 72.4 cm³/mol. The van der Waals surface area contributed by atoms with Crippen LogP contribution in [0.4, 0.5) is 5.69 Å². The summed E-state index contributed by atoms with van der Waals surface area (Å²) in [5.41, 5.74) is 3.00. The largest absolute Gasteiger partial charge is 0.465 e. The molecule has 0 saturated heterocycles. The van der Waals surface area contributed by atoms with E-state index in [-0.39, 0.29) is 11.6 Å². The first-order valence-corrected chi connectivity index (χ1v) is 6.16. The average Bonchev–Trinajstić information content (AvgIpc) is 2.74. The second kappa shape index (κ2) is 5.15. The highest BCUT2D eigenvalue weighted by atomic mass is 16.5. The zero-order valence-electron chi connectivity index (χ0n) is 11.3. The standard InChI is InChI=1S/C15H16N2O2/c1-10-8-12-6-4-5-7-14(12)17(10)11(2)13(9-16)15(18)19-3/h4-7,10H,8H2,1-3H3/b13-11-. The van der Waals surface area contributed by atoms with Gasteiger partial charge in [0.25, 0.3) is 0 Å². The van der Waals surface area contributed by atoms with Crippen LogP contribution >= 0.6 is 0 Å². The Labute approximate surface area is 112 Å². The number of esters is 1. The SMILES string of the molecule is COC(=O)/C(C#N)=C(/C)N1c2ccccc2CC1C. The molecule has 0 bridgehead atoms. The Balaban J connectivity index is 2.50. The van der Waals surface area contributed by atoms with Gasteiger partial charge in [0.05, 0.1) is 7.11 Å². The third kappa shape index (κ3) is 2.19. The van der Waals surface area contributed by atoms with Crippen molar-refractivity contribution in [3.8, 4) is 6.07 Å². The number of para-hydroxylation sites is 1. The molecular weight excluding hydrogens is 240 g/mol. The third-order valence-corrected chi connectivity index (χ3v) is 3.43. The van der Waals surface area contributed by atoms with Crippen LogP contribution in [0.5, 0.6) is 0 Å². The molecule has 4 nitrogen and oxygen atoms in total. The maximum absolute atomic E-state index is 11.6. The number of anilines is 1. The molecule has 0 aromatic heterocycles. The molecule has 1 atom stereocenters. The number of carbonyl (C=O) groups is 1. The molecule has 1 aliphatic heterocycles. The van der Waals surface area contributed by atoms with Crippen molar-refractivity contribution in [3.63, 3.8) is 0 Å². The van der Waals surface area contributed by atoms with Crippen molar-refractivity contribution in [2.75, 3.05) is 12.0 Å². The number of hydrogen-bond acceptors (Lipinski definition) is 4. The zero-order valence-corrected chi connectivity index (χ0v) is 11.3. The van der Waals surface area contributed by atoms with Gasteiger partial charge in [-0.25, -0.2) is 4.79 Å². The molecule has 1 aromatic rings. The monoisotopic (exact) mass is 256 g/mol. The topological polar surface area (TPSA) is 53.3 Å². The number of methoxy groups -OCH3 is 1. The van der Waals surface area contributed by atoms with Gasteiger partial charge in [-0.15, -0.1) is 0 Å². The van der Waals surface area contributed by atoms with Crippen LogP contribution < -0.4 is 4.90 Å². The van der Waals surface area contributed by atoms with Gasteiger partial charge < -0.3 is 9.64 Å². The molecule has 1 aliphatic rings. The van der Waals surface area contributed by atoms with Crippen LogP contribution in [0.25, 0.3) is 0 Å². The molecule has 0 N–H and O–H groups in total. The summed E-state index contributed by atoms with van der Waals surface area (Å²) in [6, 6.07) is 10.2. The summed E-state index contributed by atoms with van der Waals surface area (Å²) in [5.74, 6) is -0.586. The first-order chi connectivity index (χ1) is 9.10. The number of nitriles is 1. The molecular formula is C15H16N2O2. The minimum Gasteiger partial charge on any atom is -0.465 e. The van der Waals surface area contributed by atoms with Crippen molar-refractivity contribution in [3.05, 3.63) is 41.1 Å². The summed E-state index contributed by atoms with van der Waals surface area (Å²) in [5, 5.41) is 9.16. The molecule has 0 aliphatic carbocycles. The first-order valence-electron chi connectivity index (χ1n) is 6.16. The zero-order chi connectivity index (χ0) is 14.0. The predicted octanol–water partition coefficient (Wildman–Crippen LogP) is 2.41. The highest BCUT2D eigenvalue weighted by molar-refractivity contribution is 5.94. The third-order valence-electron chi connectivity index (χ3n) is 3.43. The van der Waals surface area contributed by atoms with Crippen molar-refractivity contribution < 1.29 is 9.53 Å². The Bertz CT molecular complexity index is 584. The summed E-state index contributed by atoms with van der Waals surface area (Å²) in [6.45, 7) is 3.86. The van der Waals surface area contributed by atoms with Crippen LogP contribution in [0, 0.1) is 11.3 Å². The van der Waals surface area contributed by atoms with Gasteiger partial charge in [0, 0.05) is 17.4 Å². The van der Waals surface area contributed by atoms with E-state index >= 15 is 0 Å². The molecule has 1 heterocycles. The maximum atomic E-state index is 11.6. The van der Waals surface area contributed by atoms with Crippen molar-refractivity contribution in [1.82, 2.24) is 0 Å². The molecule has 2 rings (SSSR count). The lowest BCUT2D eigenvalue weighted by Crippen LogP contribution is -2.29. The van der Waals surface area contributed by atoms with Gasteiger partial charge >= 0.3 is 5.97 Å². The van der Waals surface area contributed by atoms with E-state index in [1.54, 1.807) is 6.92 Å². The molecule has 0 amide bonds. The van der Waals surface area contributed by atoms with Gasteiger partial charge in [-0.2, -0.15) is 5.26 Å². The highest BCUT2D eigenvalue weighted by Crippen LogP contribution is 2.35. The number of rotatable bonds is 2. The van der Waals surface area contributed by atoms with Crippen molar-refractivity contribution >= 4 is 11.7 Å². The van der Waals surface area contributed by atoms with Crippen LogP contribution in [0.15, 0.2) is 35.5 Å². The van der Waals surface area contributed by atoms with Crippen LogP contribution in [0.2, 0.25) is 0 Å². The van der Waals surface area contributed by atoms with Gasteiger partial charge in [0.15, 0.2) is 5.57 Å². The van der Waals surface area contributed by atoms with Gasteiger partial charge in [-0.3, -0.25) is 0 Å².